The number of nitrogens with one attached hydrogen (secondary N) is 1. The Kier molecular flexibility index (Phi) is 5.03. The van der Waals surface area contributed by atoms with Gasteiger partial charge in [-0.3, -0.25) is 0 Å². The highest BCUT2D eigenvalue weighted by Gasteiger charge is 2.22. The number of benzene rings is 1. The van der Waals surface area contributed by atoms with E-state index in [1.54, 1.807) is 14.2 Å². The Labute approximate surface area is 142 Å². The quantitative estimate of drug-likeness (QED) is 0.911. The van der Waals surface area contributed by atoms with Crippen LogP contribution in [-0.4, -0.2) is 43.3 Å². The van der Waals surface area contributed by atoms with Crippen molar-refractivity contribution >= 4 is 11.6 Å². The van der Waals surface area contributed by atoms with Crippen LogP contribution in [0.3, 0.4) is 0 Å². The van der Waals surface area contributed by atoms with E-state index in [0.29, 0.717) is 6.04 Å². The average Bonchev–Trinajstić information content (AvgIpc) is 2.62. The molecule has 24 heavy (non-hydrogen) atoms. The number of aryl methyl sites for hydroxylation is 1. The van der Waals surface area contributed by atoms with Gasteiger partial charge in [-0.15, -0.1) is 0 Å². The highest BCUT2D eigenvalue weighted by molar-refractivity contribution is 5.55. The number of anilines is 2. The second-order valence-electron chi connectivity index (χ2n) is 6.00. The maximum Gasteiger partial charge on any atom is 0.225 e. The molecule has 2 heterocycles. The molecular weight excluding hydrogens is 304 g/mol. The number of hydrogen-bond acceptors (Lipinski definition) is 6. The lowest BCUT2D eigenvalue weighted by Crippen LogP contribution is -2.43. The average molecular weight is 328 g/mol. The van der Waals surface area contributed by atoms with E-state index in [0.717, 1.165) is 54.8 Å². The third-order valence-corrected chi connectivity index (χ3v) is 4.24. The number of rotatable bonds is 5. The van der Waals surface area contributed by atoms with Gasteiger partial charge in [-0.25, -0.2) is 9.97 Å². The second kappa shape index (κ2) is 7.38. The lowest BCUT2D eigenvalue weighted by atomic mass is 10.1. The number of methoxy groups -OCH3 is 2. The van der Waals surface area contributed by atoms with Gasteiger partial charge in [0.1, 0.15) is 0 Å². The molecular formula is C18H24N4O2. The summed E-state index contributed by atoms with van der Waals surface area (Å²) >= 11 is 0. The molecule has 0 amide bonds. The molecule has 0 aliphatic carbocycles. The van der Waals surface area contributed by atoms with Crippen molar-refractivity contribution in [2.75, 3.05) is 37.5 Å². The van der Waals surface area contributed by atoms with Crippen LogP contribution in [0, 0.1) is 6.92 Å². The maximum absolute atomic E-state index is 5.37. The number of aromatic nitrogens is 2. The minimum absolute atomic E-state index is 0.348. The molecule has 0 radical (unpaired) electrons. The fourth-order valence-corrected chi connectivity index (χ4v) is 3.03. The summed E-state index contributed by atoms with van der Waals surface area (Å²) < 4.78 is 10.7. The molecule has 1 aliphatic heterocycles. The van der Waals surface area contributed by atoms with Crippen LogP contribution in [0.2, 0.25) is 0 Å². The fourth-order valence-electron chi connectivity index (χ4n) is 3.03. The highest BCUT2D eigenvalue weighted by Crippen LogP contribution is 2.30. The van der Waals surface area contributed by atoms with E-state index in [1.807, 2.05) is 37.4 Å². The van der Waals surface area contributed by atoms with Crippen molar-refractivity contribution in [3.8, 4) is 11.5 Å². The van der Waals surface area contributed by atoms with Crippen molar-refractivity contribution < 1.29 is 9.47 Å². The van der Waals surface area contributed by atoms with E-state index in [2.05, 4.69) is 20.2 Å². The molecule has 0 saturated carbocycles. The van der Waals surface area contributed by atoms with E-state index in [4.69, 9.17) is 9.47 Å². The van der Waals surface area contributed by atoms with Gasteiger partial charge in [0.25, 0.3) is 0 Å². The van der Waals surface area contributed by atoms with E-state index in [-0.39, 0.29) is 0 Å². The molecule has 2 aromatic rings. The minimum atomic E-state index is 0.348. The molecule has 0 bridgehead atoms. The summed E-state index contributed by atoms with van der Waals surface area (Å²) in [5.74, 6) is 2.28. The van der Waals surface area contributed by atoms with Gasteiger partial charge in [0.05, 0.1) is 14.2 Å². The number of ether oxygens (including phenoxy) is 2. The smallest absolute Gasteiger partial charge is 0.225 e. The van der Waals surface area contributed by atoms with Gasteiger partial charge >= 0.3 is 0 Å². The summed E-state index contributed by atoms with van der Waals surface area (Å²) in [6.07, 6.45) is 4.06. The lowest BCUT2D eigenvalue weighted by molar-refractivity contribution is 0.355. The first-order valence-corrected chi connectivity index (χ1v) is 8.23. The Morgan fingerprint density at radius 2 is 2.00 bits per heavy atom. The van der Waals surface area contributed by atoms with Gasteiger partial charge in [0, 0.05) is 42.8 Å². The predicted octanol–water partition coefficient (Wildman–Crippen LogP) is 2.88. The van der Waals surface area contributed by atoms with E-state index >= 15 is 0 Å². The zero-order chi connectivity index (χ0) is 16.9. The van der Waals surface area contributed by atoms with Gasteiger partial charge in [0.2, 0.25) is 5.95 Å². The van der Waals surface area contributed by atoms with Gasteiger partial charge in [0.15, 0.2) is 11.5 Å². The molecule has 0 spiro atoms. The molecule has 6 heteroatoms. The van der Waals surface area contributed by atoms with Crippen molar-refractivity contribution in [3.63, 3.8) is 0 Å². The highest BCUT2D eigenvalue weighted by atomic mass is 16.5. The summed E-state index contributed by atoms with van der Waals surface area (Å²) in [4.78, 5) is 11.2. The van der Waals surface area contributed by atoms with Crippen LogP contribution in [0.1, 0.15) is 18.5 Å². The van der Waals surface area contributed by atoms with Gasteiger partial charge < -0.3 is 19.7 Å². The first-order valence-electron chi connectivity index (χ1n) is 8.23. The Hall–Kier alpha value is -2.50. The third kappa shape index (κ3) is 3.69. The van der Waals surface area contributed by atoms with Crippen LogP contribution in [0.15, 0.2) is 30.5 Å². The molecule has 1 fully saturated rings. The molecule has 1 unspecified atom stereocenters. The van der Waals surface area contributed by atoms with Gasteiger partial charge in [-0.1, -0.05) is 0 Å². The standard InChI is InChI=1S/C18H24N4O2/c1-13-8-9-19-18(20-13)22-10-4-5-15(12-22)21-14-6-7-16(23-2)17(11-14)24-3/h6-9,11,15,21H,4-5,10,12H2,1-3H3. The molecule has 1 atom stereocenters. The topological polar surface area (TPSA) is 59.5 Å². The summed E-state index contributed by atoms with van der Waals surface area (Å²) in [7, 11) is 3.30. The van der Waals surface area contributed by atoms with Crippen LogP contribution in [0.5, 0.6) is 11.5 Å². The largest absolute Gasteiger partial charge is 0.493 e. The van der Waals surface area contributed by atoms with Crippen LogP contribution >= 0.6 is 0 Å². The maximum atomic E-state index is 5.37. The summed E-state index contributed by atoms with van der Waals surface area (Å²) in [6.45, 7) is 3.87. The molecule has 128 valence electrons. The zero-order valence-electron chi connectivity index (χ0n) is 14.5. The Balaban J connectivity index is 1.69. The second-order valence-corrected chi connectivity index (χ2v) is 6.00. The zero-order valence-corrected chi connectivity index (χ0v) is 14.5. The molecule has 1 aromatic heterocycles. The molecule has 1 N–H and O–H groups in total. The SMILES string of the molecule is COc1ccc(NC2CCCN(c3nccc(C)n3)C2)cc1OC. The monoisotopic (exact) mass is 328 g/mol. The van der Waals surface area contributed by atoms with Gasteiger partial charge in [-0.05, 0) is 38.0 Å². The van der Waals surface area contributed by atoms with Crippen molar-refractivity contribution in [2.24, 2.45) is 0 Å². The van der Waals surface area contributed by atoms with Crippen LogP contribution in [-0.2, 0) is 0 Å². The summed E-state index contributed by atoms with van der Waals surface area (Å²) in [5, 5.41) is 3.59. The lowest BCUT2D eigenvalue weighted by Gasteiger charge is -2.33. The first-order chi connectivity index (χ1) is 11.7. The molecule has 6 nitrogen and oxygen atoms in total. The first kappa shape index (κ1) is 16.4. The Morgan fingerprint density at radius 1 is 1.17 bits per heavy atom. The van der Waals surface area contributed by atoms with Crippen LogP contribution < -0.4 is 19.7 Å². The molecule has 3 rings (SSSR count). The number of piperidine rings is 1. The van der Waals surface area contributed by atoms with E-state index in [1.165, 1.54) is 0 Å². The Bertz CT molecular complexity index is 692. The summed E-state index contributed by atoms with van der Waals surface area (Å²) in [6, 6.07) is 8.18. The van der Waals surface area contributed by atoms with Crippen molar-refractivity contribution in [2.45, 2.75) is 25.8 Å². The molecule has 1 saturated heterocycles. The molecule has 1 aromatic carbocycles. The molecule has 1 aliphatic rings. The number of hydrogen-bond donors (Lipinski definition) is 1. The predicted molar refractivity (Wildman–Crippen MR) is 95.2 cm³/mol. The van der Waals surface area contributed by atoms with Crippen molar-refractivity contribution in [3.05, 3.63) is 36.2 Å². The normalized spacial score (nSPS) is 17.5. The third-order valence-electron chi connectivity index (χ3n) is 4.24. The van der Waals surface area contributed by atoms with Gasteiger partial charge in [-0.2, -0.15) is 0 Å². The van der Waals surface area contributed by atoms with E-state index < -0.39 is 0 Å². The van der Waals surface area contributed by atoms with Crippen molar-refractivity contribution in [1.29, 1.82) is 0 Å². The van der Waals surface area contributed by atoms with E-state index in [9.17, 15) is 0 Å². The van der Waals surface area contributed by atoms with Crippen LogP contribution in [0.25, 0.3) is 0 Å². The summed E-state index contributed by atoms with van der Waals surface area (Å²) in [5.41, 5.74) is 2.03. The Morgan fingerprint density at radius 3 is 2.75 bits per heavy atom. The fraction of sp³-hybridized carbons (Fsp3) is 0.444. The number of nitrogens with zero attached hydrogens (tertiary/aromatic N) is 3. The van der Waals surface area contributed by atoms with Crippen LogP contribution in [0.4, 0.5) is 11.6 Å². The minimum Gasteiger partial charge on any atom is -0.493 e. The van der Waals surface area contributed by atoms with Crippen molar-refractivity contribution in [1.82, 2.24) is 9.97 Å².